The maximum atomic E-state index is 10.2. The third kappa shape index (κ3) is 4.59. The van der Waals surface area contributed by atoms with Crippen molar-refractivity contribution >= 4 is 33.1 Å². The SMILES string of the molecule is CC[C@H](N)C(=O)[SeH].Cl. The van der Waals surface area contributed by atoms with Crippen molar-refractivity contribution in [1.82, 2.24) is 0 Å². The fourth-order valence-electron chi connectivity index (χ4n) is 0.175. The van der Waals surface area contributed by atoms with Crippen LogP contribution < -0.4 is 5.73 Å². The predicted octanol–water partition coefficient (Wildman–Crippen LogP) is -0.427. The first kappa shape index (κ1) is 11.3. The molecule has 0 aliphatic rings. The first-order valence-corrected chi connectivity index (χ1v) is 3.10. The predicted molar refractivity (Wildman–Crippen MR) is 37.7 cm³/mol. The van der Waals surface area contributed by atoms with E-state index in [9.17, 15) is 4.79 Å². The molecule has 0 aromatic heterocycles. The van der Waals surface area contributed by atoms with Crippen LogP contribution in [0.25, 0.3) is 0 Å². The summed E-state index contributed by atoms with van der Waals surface area (Å²) in [5.74, 6) is 0. The molecule has 4 heteroatoms. The maximum Gasteiger partial charge on any atom is -0.147 e. The third-order valence-electron chi connectivity index (χ3n) is 0.757. The standard InChI is InChI=1S/C4H9NOSe.ClH/c1-2-3(5)4(6)7;/h3H,2,5H2,1H3,(H,6,7);1H/t3-;/m0./s1. The van der Waals surface area contributed by atoms with E-state index >= 15 is 0 Å². The van der Waals surface area contributed by atoms with Gasteiger partial charge in [-0.25, -0.2) is 0 Å². The molecule has 8 heavy (non-hydrogen) atoms. The number of carbonyl (C=O) groups is 1. The molecule has 0 aliphatic heterocycles. The zero-order valence-electron chi connectivity index (χ0n) is 4.63. The molecule has 2 nitrogen and oxygen atoms in total. The van der Waals surface area contributed by atoms with E-state index in [1.165, 1.54) is 0 Å². The van der Waals surface area contributed by atoms with Crippen LogP contribution in [0, 0.1) is 0 Å². The second kappa shape index (κ2) is 5.57. The van der Waals surface area contributed by atoms with Crippen LogP contribution in [-0.2, 0) is 4.79 Å². The number of hydrogen-bond donors (Lipinski definition) is 1. The Morgan fingerprint density at radius 1 is 1.88 bits per heavy atom. The molecule has 0 radical (unpaired) electrons. The molecule has 2 N–H and O–H groups in total. The van der Waals surface area contributed by atoms with Gasteiger partial charge in [-0.15, -0.1) is 12.4 Å². The monoisotopic (exact) mass is 203 g/mol. The smallest absolute Gasteiger partial charge is 0.147 e. The van der Waals surface area contributed by atoms with Crippen LogP contribution in [0.1, 0.15) is 13.3 Å². The molecule has 0 unspecified atom stereocenters. The molecule has 0 heterocycles. The van der Waals surface area contributed by atoms with Crippen LogP contribution in [0.15, 0.2) is 0 Å². The van der Waals surface area contributed by atoms with Crippen molar-refractivity contribution in [2.75, 3.05) is 0 Å². The van der Waals surface area contributed by atoms with Crippen LogP contribution in [0.5, 0.6) is 0 Å². The molecular weight excluding hydrogens is 192 g/mol. The first-order chi connectivity index (χ1) is 3.18. The van der Waals surface area contributed by atoms with E-state index in [-0.39, 0.29) is 23.1 Å². The van der Waals surface area contributed by atoms with Crippen molar-refractivity contribution in [2.45, 2.75) is 19.4 Å². The Morgan fingerprint density at radius 3 is 2.25 bits per heavy atom. The minimum Gasteiger partial charge on any atom is -0.147 e. The molecule has 0 bridgehead atoms. The van der Waals surface area contributed by atoms with Gasteiger partial charge in [0.1, 0.15) is 0 Å². The molecule has 50 valence electrons. The van der Waals surface area contributed by atoms with E-state index in [2.05, 4.69) is 0 Å². The van der Waals surface area contributed by atoms with Crippen molar-refractivity contribution in [3.63, 3.8) is 0 Å². The van der Waals surface area contributed by atoms with Crippen LogP contribution in [0.4, 0.5) is 0 Å². The summed E-state index contributed by atoms with van der Waals surface area (Å²) < 4.78 is 0.00926. The molecule has 0 saturated heterocycles. The van der Waals surface area contributed by atoms with Crippen molar-refractivity contribution in [3.8, 4) is 0 Å². The summed E-state index contributed by atoms with van der Waals surface area (Å²) in [5, 5.41) is 0. The van der Waals surface area contributed by atoms with Gasteiger partial charge in [-0.2, -0.15) is 0 Å². The number of carbonyl (C=O) groups excluding carboxylic acids is 1. The summed E-state index contributed by atoms with van der Waals surface area (Å²) in [4.78, 5) is 10.2. The van der Waals surface area contributed by atoms with Gasteiger partial charge in [0, 0.05) is 0 Å². The van der Waals surface area contributed by atoms with Gasteiger partial charge in [-0.05, 0) is 0 Å². The van der Waals surface area contributed by atoms with Gasteiger partial charge in [-0.1, -0.05) is 0 Å². The molecule has 0 amide bonds. The normalized spacial score (nSPS) is 11.9. The Balaban J connectivity index is 0. The fourth-order valence-corrected chi connectivity index (χ4v) is 0.558. The van der Waals surface area contributed by atoms with Gasteiger partial charge in [0.15, 0.2) is 0 Å². The van der Waals surface area contributed by atoms with E-state index in [1.807, 2.05) is 22.9 Å². The number of hydrogen-bond acceptors (Lipinski definition) is 2. The Bertz CT molecular complexity index is 78.4. The van der Waals surface area contributed by atoms with Crippen molar-refractivity contribution < 1.29 is 4.79 Å². The minimum absolute atomic E-state index is 0. The molecule has 0 spiro atoms. The second-order valence-electron chi connectivity index (χ2n) is 1.35. The average Bonchev–Trinajstić information content (AvgIpc) is 1.65. The fraction of sp³-hybridized carbons (Fsp3) is 0.750. The van der Waals surface area contributed by atoms with Gasteiger partial charge >= 0.3 is 50.6 Å². The van der Waals surface area contributed by atoms with Gasteiger partial charge in [0.2, 0.25) is 0 Å². The van der Waals surface area contributed by atoms with Gasteiger partial charge < -0.3 is 0 Å². The maximum absolute atomic E-state index is 10.2. The molecule has 0 aromatic carbocycles. The number of nitrogens with two attached hydrogens (primary N) is 1. The first-order valence-electron chi connectivity index (χ1n) is 2.17. The zero-order chi connectivity index (χ0) is 5.86. The van der Waals surface area contributed by atoms with Crippen molar-refractivity contribution in [3.05, 3.63) is 0 Å². The largest absolute Gasteiger partial charge is 0.147 e. The summed E-state index contributed by atoms with van der Waals surface area (Å²) >= 11 is 1.92. The zero-order valence-corrected chi connectivity index (χ0v) is 7.32. The molecule has 1 atom stereocenters. The number of halogens is 1. The van der Waals surface area contributed by atoms with Crippen LogP contribution in [0.3, 0.4) is 0 Å². The Morgan fingerprint density at radius 2 is 2.25 bits per heavy atom. The van der Waals surface area contributed by atoms with Gasteiger partial charge in [0.05, 0.1) is 0 Å². The van der Waals surface area contributed by atoms with E-state index in [1.54, 1.807) is 0 Å². The Kier molecular flexibility index (Phi) is 7.85. The Hall–Kier alpha value is 0.439. The van der Waals surface area contributed by atoms with Crippen LogP contribution >= 0.6 is 12.4 Å². The molecule has 0 aromatic rings. The molecule has 0 rings (SSSR count). The third-order valence-corrected chi connectivity index (χ3v) is 1.45. The Labute approximate surface area is 63.4 Å². The van der Waals surface area contributed by atoms with E-state index in [4.69, 9.17) is 5.73 Å². The summed E-state index contributed by atoms with van der Waals surface area (Å²) in [6.45, 7) is 1.88. The molecular formula is C4H10ClNOSe. The molecule has 0 fully saturated rings. The van der Waals surface area contributed by atoms with E-state index < -0.39 is 0 Å². The topological polar surface area (TPSA) is 43.1 Å². The van der Waals surface area contributed by atoms with E-state index in [0.29, 0.717) is 0 Å². The summed E-state index contributed by atoms with van der Waals surface area (Å²) in [5.41, 5.74) is 5.25. The average molecular weight is 203 g/mol. The van der Waals surface area contributed by atoms with Crippen LogP contribution in [-0.4, -0.2) is 26.7 Å². The van der Waals surface area contributed by atoms with Crippen molar-refractivity contribution in [2.24, 2.45) is 5.73 Å². The quantitative estimate of drug-likeness (QED) is 0.618. The summed E-state index contributed by atoms with van der Waals surface area (Å²) in [6, 6.07) is -0.264. The summed E-state index contributed by atoms with van der Waals surface area (Å²) in [7, 11) is 0. The molecule has 0 aliphatic carbocycles. The van der Waals surface area contributed by atoms with Gasteiger partial charge in [-0.3, -0.25) is 0 Å². The van der Waals surface area contributed by atoms with E-state index in [0.717, 1.165) is 6.42 Å². The van der Waals surface area contributed by atoms with Crippen LogP contribution in [0.2, 0.25) is 0 Å². The molecule has 0 saturated carbocycles. The minimum atomic E-state index is -0.264. The van der Waals surface area contributed by atoms with Gasteiger partial charge in [0.25, 0.3) is 0 Å². The van der Waals surface area contributed by atoms with Crippen molar-refractivity contribution in [1.29, 1.82) is 0 Å². The number of rotatable bonds is 2. The summed E-state index contributed by atoms with van der Waals surface area (Å²) in [6.07, 6.45) is 0.730. The second-order valence-corrected chi connectivity index (χ2v) is 2.28.